The number of rotatable bonds is 6. The minimum atomic E-state index is -0.136. The van der Waals surface area contributed by atoms with Crippen LogP contribution < -0.4 is 0 Å². The third-order valence-corrected chi connectivity index (χ3v) is 2.99. The van der Waals surface area contributed by atoms with Crippen LogP contribution in [0.4, 0.5) is 0 Å². The van der Waals surface area contributed by atoms with Gasteiger partial charge in [0.15, 0.2) is 0 Å². The lowest BCUT2D eigenvalue weighted by atomic mass is 10.2. The van der Waals surface area contributed by atoms with Gasteiger partial charge in [-0.3, -0.25) is 4.79 Å². The molecule has 4 heteroatoms. The number of amides is 1. The first-order chi connectivity index (χ1) is 9.02. The zero-order valence-corrected chi connectivity index (χ0v) is 12.8. The van der Waals surface area contributed by atoms with E-state index >= 15 is 0 Å². The molecule has 0 aliphatic carbocycles. The number of alkyl halides is 1. The average Bonchev–Trinajstić information content (AvgIpc) is 2.38. The van der Waals surface area contributed by atoms with Crippen molar-refractivity contribution in [2.75, 3.05) is 6.54 Å². The molecule has 0 N–H and O–H groups in total. The van der Waals surface area contributed by atoms with Crippen molar-refractivity contribution in [2.45, 2.75) is 32.2 Å². The molecular formula is C15H19Cl2NO. The summed E-state index contributed by atoms with van der Waals surface area (Å²) >= 11 is 11.7. The van der Waals surface area contributed by atoms with Crippen molar-refractivity contribution < 1.29 is 4.79 Å². The van der Waals surface area contributed by atoms with E-state index < -0.39 is 0 Å². The highest BCUT2D eigenvalue weighted by molar-refractivity contribution is 6.30. The number of halogens is 2. The Bertz CT molecular complexity index is 426. The summed E-state index contributed by atoms with van der Waals surface area (Å²) < 4.78 is 0. The van der Waals surface area contributed by atoms with Gasteiger partial charge in [0, 0.05) is 29.6 Å². The van der Waals surface area contributed by atoms with Gasteiger partial charge in [-0.25, -0.2) is 0 Å². The summed E-state index contributed by atoms with van der Waals surface area (Å²) in [4.78, 5) is 13.9. The van der Waals surface area contributed by atoms with Gasteiger partial charge in [0.1, 0.15) is 0 Å². The number of benzene rings is 1. The lowest BCUT2D eigenvalue weighted by molar-refractivity contribution is -0.126. The monoisotopic (exact) mass is 299 g/mol. The van der Waals surface area contributed by atoms with Crippen LogP contribution in [-0.2, 0) is 11.3 Å². The third-order valence-electron chi connectivity index (χ3n) is 2.60. The fraction of sp³-hybridized carbons (Fsp3) is 0.400. The maximum atomic E-state index is 12.1. The molecule has 0 aromatic heterocycles. The molecule has 0 bridgehead atoms. The molecule has 1 aromatic rings. The van der Waals surface area contributed by atoms with Crippen LogP contribution in [0.15, 0.2) is 36.4 Å². The second kappa shape index (κ2) is 8.23. The first kappa shape index (κ1) is 16.1. The molecule has 1 amide bonds. The molecule has 2 nitrogen and oxygen atoms in total. The molecule has 0 saturated heterocycles. The molecule has 0 spiro atoms. The molecule has 0 aliphatic heterocycles. The van der Waals surface area contributed by atoms with E-state index in [1.54, 1.807) is 17.1 Å². The normalized spacial score (nSPS) is 12.6. The van der Waals surface area contributed by atoms with Crippen LogP contribution in [-0.4, -0.2) is 22.7 Å². The quantitative estimate of drug-likeness (QED) is 0.568. The molecule has 19 heavy (non-hydrogen) atoms. The van der Waals surface area contributed by atoms with Crippen molar-refractivity contribution in [1.29, 1.82) is 0 Å². The van der Waals surface area contributed by atoms with Crippen LogP contribution in [0.3, 0.4) is 0 Å². The van der Waals surface area contributed by atoms with Crippen molar-refractivity contribution in [1.82, 2.24) is 4.90 Å². The number of hydrogen-bond donors (Lipinski definition) is 0. The van der Waals surface area contributed by atoms with Gasteiger partial charge in [0.2, 0.25) is 5.91 Å². The van der Waals surface area contributed by atoms with Gasteiger partial charge in [-0.1, -0.05) is 36.7 Å². The number of carbonyl (C=O) groups is 1. The van der Waals surface area contributed by atoms with Crippen LogP contribution in [0.5, 0.6) is 0 Å². The third kappa shape index (κ3) is 6.13. The van der Waals surface area contributed by atoms with Crippen molar-refractivity contribution in [2.24, 2.45) is 0 Å². The summed E-state index contributed by atoms with van der Waals surface area (Å²) in [5.41, 5.74) is 1.07. The Morgan fingerprint density at radius 1 is 1.37 bits per heavy atom. The van der Waals surface area contributed by atoms with Crippen molar-refractivity contribution in [3.63, 3.8) is 0 Å². The Balaban J connectivity index is 2.71. The predicted octanol–water partition coefficient (Wildman–Crippen LogP) is 4.26. The fourth-order valence-corrected chi connectivity index (χ4v) is 1.87. The number of nitrogens with zero attached hydrogens (tertiary/aromatic N) is 1. The van der Waals surface area contributed by atoms with E-state index in [1.807, 2.05) is 31.2 Å². The minimum absolute atomic E-state index is 0.00991. The molecule has 104 valence electrons. The van der Waals surface area contributed by atoms with Crippen LogP contribution >= 0.6 is 23.2 Å². The zero-order chi connectivity index (χ0) is 14.3. The molecule has 0 heterocycles. The SMILES string of the molecule is CCCN(Cc1ccc(Cl)cc1)C(=O)/C=C/C(C)Cl. The summed E-state index contributed by atoms with van der Waals surface area (Å²) in [7, 11) is 0. The van der Waals surface area contributed by atoms with Gasteiger partial charge >= 0.3 is 0 Å². The summed E-state index contributed by atoms with van der Waals surface area (Å²) in [5.74, 6) is -0.00991. The highest BCUT2D eigenvalue weighted by atomic mass is 35.5. The molecule has 1 aromatic carbocycles. The largest absolute Gasteiger partial charge is 0.335 e. The second-order valence-electron chi connectivity index (χ2n) is 4.42. The highest BCUT2D eigenvalue weighted by Crippen LogP contribution is 2.12. The van der Waals surface area contributed by atoms with E-state index in [-0.39, 0.29) is 11.3 Å². The van der Waals surface area contributed by atoms with Crippen LogP contribution in [0, 0.1) is 0 Å². The number of allylic oxidation sites excluding steroid dienone is 1. The molecular weight excluding hydrogens is 281 g/mol. The Labute approximate surface area is 125 Å². The van der Waals surface area contributed by atoms with E-state index in [1.165, 1.54) is 0 Å². The summed E-state index contributed by atoms with van der Waals surface area (Å²) in [6, 6.07) is 7.54. The van der Waals surface area contributed by atoms with Crippen LogP contribution in [0.2, 0.25) is 5.02 Å². The minimum Gasteiger partial charge on any atom is -0.335 e. The van der Waals surface area contributed by atoms with E-state index in [4.69, 9.17) is 23.2 Å². The Kier molecular flexibility index (Phi) is 6.96. The zero-order valence-electron chi connectivity index (χ0n) is 11.3. The smallest absolute Gasteiger partial charge is 0.246 e. The molecule has 0 saturated carbocycles. The average molecular weight is 300 g/mol. The van der Waals surface area contributed by atoms with E-state index in [0.717, 1.165) is 18.5 Å². The van der Waals surface area contributed by atoms with E-state index in [9.17, 15) is 4.79 Å². The summed E-state index contributed by atoms with van der Waals surface area (Å²) in [5, 5.41) is 0.566. The standard InChI is InChI=1S/C15H19Cl2NO/c1-3-10-18(15(19)9-4-12(2)16)11-13-5-7-14(17)8-6-13/h4-9,12H,3,10-11H2,1-2H3/b9-4+. The highest BCUT2D eigenvalue weighted by Gasteiger charge is 2.10. The Hall–Kier alpha value is -0.990. The van der Waals surface area contributed by atoms with Crippen molar-refractivity contribution >= 4 is 29.1 Å². The van der Waals surface area contributed by atoms with E-state index in [0.29, 0.717) is 11.6 Å². The molecule has 1 unspecified atom stereocenters. The van der Waals surface area contributed by atoms with Gasteiger partial charge < -0.3 is 4.90 Å². The molecule has 0 radical (unpaired) electrons. The lowest BCUT2D eigenvalue weighted by Crippen LogP contribution is -2.29. The van der Waals surface area contributed by atoms with Crippen LogP contribution in [0.25, 0.3) is 0 Å². The summed E-state index contributed by atoms with van der Waals surface area (Å²) in [6.07, 6.45) is 4.17. The first-order valence-electron chi connectivity index (χ1n) is 6.38. The van der Waals surface area contributed by atoms with Gasteiger partial charge in [0.25, 0.3) is 0 Å². The lowest BCUT2D eigenvalue weighted by Gasteiger charge is -2.20. The van der Waals surface area contributed by atoms with Crippen LogP contribution in [0.1, 0.15) is 25.8 Å². The van der Waals surface area contributed by atoms with Gasteiger partial charge in [-0.2, -0.15) is 0 Å². The predicted molar refractivity (Wildman–Crippen MR) is 81.6 cm³/mol. The molecule has 1 rings (SSSR count). The molecule has 0 aliphatic rings. The summed E-state index contributed by atoms with van der Waals surface area (Å²) in [6.45, 7) is 5.19. The maximum Gasteiger partial charge on any atom is 0.246 e. The fourth-order valence-electron chi connectivity index (χ4n) is 1.67. The second-order valence-corrected chi connectivity index (χ2v) is 5.55. The van der Waals surface area contributed by atoms with E-state index in [2.05, 4.69) is 6.92 Å². The number of hydrogen-bond acceptors (Lipinski definition) is 1. The topological polar surface area (TPSA) is 20.3 Å². The van der Waals surface area contributed by atoms with Gasteiger partial charge in [-0.15, -0.1) is 11.6 Å². The van der Waals surface area contributed by atoms with Crippen molar-refractivity contribution in [3.05, 3.63) is 47.0 Å². The maximum absolute atomic E-state index is 12.1. The Morgan fingerprint density at radius 3 is 2.53 bits per heavy atom. The van der Waals surface area contributed by atoms with Gasteiger partial charge in [0.05, 0.1) is 0 Å². The molecule has 0 fully saturated rings. The van der Waals surface area contributed by atoms with Gasteiger partial charge in [-0.05, 0) is 31.0 Å². The molecule has 1 atom stereocenters. The van der Waals surface area contributed by atoms with Crippen molar-refractivity contribution in [3.8, 4) is 0 Å². The Morgan fingerprint density at radius 2 is 2.00 bits per heavy atom. The number of carbonyl (C=O) groups excluding carboxylic acids is 1. The first-order valence-corrected chi connectivity index (χ1v) is 7.20.